The first kappa shape index (κ1) is 21.7. The minimum atomic E-state index is -3.61. The van der Waals surface area contributed by atoms with Crippen molar-refractivity contribution < 1.29 is 13.2 Å². The molecule has 150 valence electrons. The molecule has 4 N–H and O–H groups in total. The number of carbonyl (C=O) groups is 1. The van der Waals surface area contributed by atoms with E-state index in [0.29, 0.717) is 24.4 Å². The van der Waals surface area contributed by atoms with Gasteiger partial charge in [-0.2, -0.15) is 0 Å². The van der Waals surface area contributed by atoms with Gasteiger partial charge in [-0.15, -0.1) is 12.4 Å². The van der Waals surface area contributed by atoms with E-state index in [1.807, 2.05) is 6.92 Å². The van der Waals surface area contributed by atoms with Crippen LogP contribution in [0.1, 0.15) is 44.6 Å². The quantitative estimate of drug-likeness (QED) is 0.598. The predicted octanol–water partition coefficient (Wildman–Crippen LogP) is 1.56. The maximum absolute atomic E-state index is 12.6. The number of fused-ring (bicyclic) bond motifs is 1. The Kier molecular flexibility index (Phi) is 7.25. The van der Waals surface area contributed by atoms with Crippen LogP contribution < -0.4 is 15.8 Å². The molecule has 1 heterocycles. The molecule has 1 aromatic carbocycles. The molecule has 2 atom stereocenters. The molecular formula is C18H27ClN4O3S. The fourth-order valence-corrected chi connectivity index (χ4v) is 4.30. The van der Waals surface area contributed by atoms with Crippen LogP contribution in [-0.2, 0) is 14.8 Å². The van der Waals surface area contributed by atoms with Gasteiger partial charge in [0.15, 0.2) is 0 Å². The standard InChI is InChI=1S/C18H26N4O3S.ClH/c1-2-3-7-15(18(23)20-11-14(19)12-9-10-12)21-17-13-6-4-5-8-16(13)26(24,25)22-17;/h4-6,8,12,14-15H,2-3,7,9-11,19H2,1H3,(H,20,23)(H,21,22);1H. The molecule has 0 bridgehead atoms. The number of nitrogens with zero attached hydrogens (tertiary/aromatic N) is 1. The second-order valence-electron chi connectivity index (χ2n) is 6.98. The average molecular weight is 415 g/mol. The van der Waals surface area contributed by atoms with Crippen molar-refractivity contribution >= 4 is 34.2 Å². The SMILES string of the molecule is CCCCC(N=C1NS(=O)(=O)c2ccccc21)C(=O)NCC(N)C1CC1.Cl. The molecule has 0 aromatic heterocycles. The van der Waals surface area contributed by atoms with Crippen LogP contribution in [0.4, 0.5) is 0 Å². The summed E-state index contributed by atoms with van der Waals surface area (Å²) in [5.74, 6) is 0.540. The van der Waals surface area contributed by atoms with Crippen molar-refractivity contribution in [3.05, 3.63) is 29.8 Å². The van der Waals surface area contributed by atoms with Gasteiger partial charge in [0.05, 0.1) is 4.90 Å². The normalized spacial score (nSPS) is 20.9. The van der Waals surface area contributed by atoms with Gasteiger partial charge in [0.1, 0.15) is 11.9 Å². The molecular weight excluding hydrogens is 388 g/mol. The first-order valence-electron chi connectivity index (χ1n) is 9.15. The summed E-state index contributed by atoms with van der Waals surface area (Å²) in [6.07, 6.45) is 4.57. The van der Waals surface area contributed by atoms with Crippen LogP contribution in [0, 0.1) is 5.92 Å². The van der Waals surface area contributed by atoms with Crippen molar-refractivity contribution in [1.29, 1.82) is 0 Å². The van der Waals surface area contributed by atoms with Crippen LogP contribution in [0.2, 0.25) is 0 Å². The Bertz CT molecular complexity index is 809. The van der Waals surface area contributed by atoms with Crippen molar-refractivity contribution in [1.82, 2.24) is 10.0 Å². The molecule has 3 rings (SSSR count). The highest BCUT2D eigenvalue weighted by atomic mass is 35.5. The van der Waals surface area contributed by atoms with Gasteiger partial charge >= 0.3 is 0 Å². The lowest BCUT2D eigenvalue weighted by Crippen LogP contribution is -2.43. The van der Waals surface area contributed by atoms with E-state index in [2.05, 4.69) is 15.0 Å². The fourth-order valence-electron chi connectivity index (χ4n) is 3.06. The highest BCUT2D eigenvalue weighted by molar-refractivity contribution is 7.90. The van der Waals surface area contributed by atoms with E-state index in [4.69, 9.17) is 5.73 Å². The van der Waals surface area contributed by atoms with Gasteiger partial charge < -0.3 is 11.1 Å². The fraction of sp³-hybridized carbons (Fsp3) is 0.556. The zero-order valence-corrected chi connectivity index (χ0v) is 17.0. The Morgan fingerprint density at radius 3 is 2.74 bits per heavy atom. The molecule has 0 saturated heterocycles. The second-order valence-corrected chi connectivity index (χ2v) is 8.63. The maximum Gasteiger partial charge on any atom is 0.263 e. The summed E-state index contributed by atoms with van der Waals surface area (Å²) in [5, 5.41) is 2.88. The van der Waals surface area contributed by atoms with Crippen LogP contribution in [0.3, 0.4) is 0 Å². The Hall–Kier alpha value is -1.64. The molecule has 2 unspecified atom stereocenters. The topological polar surface area (TPSA) is 114 Å². The average Bonchev–Trinajstić information content (AvgIpc) is 3.43. The molecule has 1 amide bonds. The van der Waals surface area contributed by atoms with Gasteiger partial charge in [-0.3, -0.25) is 14.5 Å². The number of halogens is 1. The molecule has 0 radical (unpaired) electrons. The van der Waals surface area contributed by atoms with Crippen molar-refractivity contribution in [2.75, 3.05) is 6.54 Å². The molecule has 1 saturated carbocycles. The minimum Gasteiger partial charge on any atom is -0.353 e. The first-order chi connectivity index (χ1) is 12.4. The van der Waals surface area contributed by atoms with E-state index in [1.54, 1.807) is 18.2 Å². The number of aliphatic imine (C=N–C) groups is 1. The molecule has 9 heteroatoms. The Morgan fingerprint density at radius 2 is 2.07 bits per heavy atom. The highest BCUT2D eigenvalue weighted by Gasteiger charge is 2.32. The van der Waals surface area contributed by atoms with Gasteiger partial charge in [-0.25, -0.2) is 8.42 Å². The zero-order chi connectivity index (χ0) is 18.7. The summed E-state index contributed by atoms with van der Waals surface area (Å²) < 4.78 is 26.9. The maximum atomic E-state index is 12.6. The van der Waals surface area contributed by atoms with E-state index in [0.717, 1.165) is 25.7 Å². The summed E-state index contributed by atoms with van der Waals surface area (Å²) >= 11 is 0. The number of hydrogen-bond acceptors (Lipinski definition) is 5. The lowest BCUT2D eigenvalue weighted by molar-refractivity contribution is -0.122. The Labute approximate surface area is 166 Å². The Morgan fingerprint density at radius 1 is 1.37 bits per heavy atom. The van der Waals surface area contributed by atoms with Crippen LogP contribution >= 0.6 is 12.4 Å². The van der Waals surface area contributed by atoms with E-state index in [1.165, 1.54) is 6.07 Å². The minimum absolute atomic E-state index is 0. The molecule has 7 nitrogen and oxygen atoms in total. The monoisotopic (exact) mass is 414 g/mol. The first-order valence-corrected chi connectivity index (χ1v) is 10.6. The number of unbranched alkanes of at least 4 members (excludes halogenated alkanes) is 1. The van der Waals surface area contributed by atoms with E-state index in [9.17, 15) is 13.2 Å². The van der Waals surface area contributed by atoms with Crippen molar-refractivity contribution in [3.8, 4) is 0 Å². The third kappa shape index (κ3) is 5.21. The smallest absolute Gasteiger partial charge is 0.263 e. The lowest BCUT2D eigenvalue weighted by atomic mass is 10.1. The Balaban J connectivity index is 0.00000261. The zero-order valence-electron chi connectivity index (χ0n) is 15.3. The highest BCUT2D eigenvalue weighted by Crippen LogP contribution is 2.31. The summed E-state index contributed by atoms with van der Waals surface area (Å²) in [4.78, 5) is 17.3. The molecule has 2 aliphatic rings. The van der Waals surface area contributed by atoms with Gasteiger partial charge in [0, 0.05) is 18.2 Å². The predicted molar refractivity (Wildman–Crippen MR) is 108 cm³/mol. The third-order valence-electron chi connectivity index (χ3n) is 4.82. The van der Waals surface area contributed by atoms with Gasteiger partial charge in [-0.1, -0.05) is 31.9 Å². The number of amides is 1. The summed E-state index contributed by atoms with van der Waals surface area (Å²) in [6, 6.07) is 6.00. The lowest BCUT2D eigenvalue weighted by Gasteiger charge is -2.16. The molecule has 1 fully saturated rings. The van der Waals surface area contributed by atoms with Crippen molar-refractivity contribution in [2.45, 2.75) is 56.0 Å². The van der Waals surface area contributed by atoms with Crippen LogP contribution in [0.15, 0.2) is 34.2 Å². The van der Waals surface area contributed by atoms with Crippen molar-refractivity contribution in [2.24, 2.45) is 16.6 Å². The third-order valence-corrected chi connectivity index (χ3v) is 6.22. The number of nitrogens with two attached hydrogens (primary N) is 1. The van der Waals surface area contributed by atoms with Gasteiger partial charge in [0.2, 0.25) is 5.91 Å². The van der Waals surface area contributed by atoms with Crippen molar-refractivity contribution in [3.63, 3.8) is 0 Å². The largest absolute Gasteiger partial charge is 0.353 e. The molecule has 1 aromatic rings. The number of nitrogens with one attached hydrogen (secondary N) is 2. The number of amidine groups is 1. The van der Waals surface area contributed by atoms with E-state index < -0.39 is 16.1 Å². The summed E-state index contributed by atoms with van der Waals surface area (Å²) in [6.45, 7) is 2.47. The number of benzene rings is 1. The second kappa shape index (κ2) is 9.03. The molecule has 1 aliphatic heterocycles. The number of carbonyl (C=O) groups excluding carboxylic acids is 1. The summed E-state index contributed by atoms with van der Waals surface area (Å²) in [7, 11) is -3.61. The number of hydrogen-bond donors (Lipinski definition) is 3. The number of sulfonamides is 1. The van der Waals surface area contributed by atoms with Gasteiger partial charge in [-0.05, 0) is 37.3 Å². The molecule has 0 spiro atoms. The van der Waals surface area contributed by atoms with E-state index >= 15 is 0 Å². The summed E-state index contributed by atoms with van der Waals surface area (Å²) in [5.41, 5.74) is 6.56. The van der Waals surface area contributed by atoms with E-state index in [-0.39, 0.29) is 35.1 Å². The van der Waals surface area contributed by atoms with Crippen LogP contribution in [0.25, 0.3) is 0 Å². The molecule has 27 heavy (non-hydrogen) atoms. The molecule has 1 aliphatic carbocycles. The number of rotatable bonds is 8. The van der Waals surface area contributed by atoms with Crippen LogP contribution in [-0.4, -0.2) is 38.8 Å². The van der Waals surface area contributed by atoms with Gasteiger partial charge in [0.25, 0.3) is 10.0 Å². The van der Waals surface area contributed by atoms with Crippen LogP contribution in [0.5, 0.6) is 0 Å².